The van der Waals surface area contributed by atoms with Gasteiger partial charge in [-0.15, -0.1) is 0 Å². The number of nitrogens with one attached hydrogen (secondary N) is 3. The largest absolute Gasteiger partial charge is 0.479 e. The van der Waals surface area contributed by atoms with Gasteiger partial charge in [-0.25, -0.2) is 4.79 Å². The van der Waals surface area contributed by atoms with Crippen LogP contribution in [0.2, 0.25) is 0 Å². The van der Waals surface area contributed by atoms with Gasteiger partial charge in [0, 0.05) is 27.4 Å². The average Bonchev–Trinajstić information content (AvgIpc) is 3.14. The number of carbonyl (C=O) groups is 4. The van der Waals surface area contributed by atoms with E-state index in [1.165, 1.54) is 20.8 Å². The zero-order valence-electron chi connectivity index (χ0n) is 33.2. The second-order valence-electron chi connectivity index (χ2n) is 15.0. The minimum atomic E-state index is -2.14. The number of aliphatic carboxylic acids is 1. The number of aliphatic hydroxyl groups is 6. The summed E-state index contributed by atoms with van der Waals surface area (Å²) in [6.45, 7) is 8.53. The van der Waals surface area contributed by atoms with Gasteiger partial charge in [0.1, 0.15) is 73.1 Å². The summed E-state index contributed by atoms with van der Waals surface area (Å²) in [5.41, 5.74) is 5.59. The third kappa shape index (κ3) is 11.6. The molecule has 4 aliphatic heterocycles. The van der Waals surface area contributed by atoms with Crippen molar-refractivity contribution >= 4 is 23.7 Å². The summed E-state index contributed by atoms with van der Waals surface area (Å²) in [7, 11) is 0. The molecule has 4 rings (SSSR count). The number of hydrogen-bond donors (Lipinski definition) is 11. The number of carboxylic acid groups (broad SMARTS) is 1. The molecule has 4 saturated heterocycles. The minimum absolute atomic E-state index is 0.211. The Hall–Kier alpha value is -2.72. The highest BCUT2D eigenvalue weighted by atomic mass is 16.8. The SMILES string of the molecule is CC(=O)NC1C(O)[C@H](O)C(C)O[C@H]1OC1C(O)[C@H](O)C(C(=O)O)O[C@H]1OC1C(NC(C)=O)[C@H](OC2C(NC(C)=O)[C@H](OCCCCCN)OC(C)[C@@H]2O)OC(C)[C@H]1O. The highest BCUT2D eigenvalue weighted by Crippen LogP contribution is 2.35. The fourth-order valence-electron chi connectivity index (χ4n) is 7.30. The highest BCUT2D eigenvalue weighted by Gasteiger charge is 2.56. The van der Waals surface area contributed by atoms with Crippen LogP contribution >= 0.6 is 0 Å². The fraction of sp³-hybridized carbons (Fsp3) is 0.886. The summed E-state index contributed by atoms with van der Waals surface area (Å²) in [5, 5.41) is 83.8. The van der Waals surface area contributed by atoms with E-state index in [4.69, 9.17) is 43.6 Å². The van der Waals surface area contributed by atoms with Crippen molar-refractivity contribution in [2.75, 3.05) is 13.2 Å². The number of nitrogens with two attached hydrogens (primary N) is 1. The molecule has 23 heteroatoms. The summed E-state index contributed by atoms with van der Waals surface area (Å²) in [4.78, 5) is 49.4. The third-order valence-corrected chi connectivity index (χ3v) is 10.4. The summed E-state index contributed by atoms with van der Waals surface area (Å²) in [6.07, 6.45) is -25.0. The first-order valence-corrected chi connectivity index (χ1v) is 19.3. The highest BCUT2D eigenvalue weighted by molar-refractivity contribution is 5.74. The lowest BCUT2D eigenvalue weighted by atomic mass is 9.94. The maximum absolute atomic E-state index is 12.7. The molecular formula is C35H60N4O19. The Labute approximate surface area is 334 Å². The Morgan fingerprint density at radius 2 is 0.983 bits per heavy atom. The first kappa shape index (κ1) is 48.0. The predicted molar refractivity (Wildman–Crippen MR) is 192 cm³/mol. The smallest absolute Gasteiger partial charge is 0.335 e. The van der Waals surface area contributed by atoms with E-state index in [1.807, 2.05) is 0 Å². The summed E-state index contributed by atoms with van der Waals surface area (Å²) < 4.78 is 47.7. The van der Waals surface area contributed by atoms with Crippen molar-refractivity contribution in [3.8, 4) is 0 Å². The van der Waals surface area contributed by atoms with Crippen molar-refractivity contribution in [2.45, 2.75) is 183 Å². The summed E-state index contributed by atoms with van der Waals surface area (Å²) in [5.74, 6) is -3.61. The topological polar surface area (TPSA) is 346 Å². The maximum atomic E-state index is 12.7. The van der Waals surface area contributed by atoms with Crippen LogP contribution in [0.4, 0.5) is 0 Å². The Kier molecular flexibility index (Phi) is 17.5. The molecule has 58 heavy (non-hydrogen) atoms. The number of hydrogen-bond acceptors (Lipinski definition) is 19. The lowest BCUT2D eigenvalue weighted by molar-refractivity contribution is -0.372. The molecule has 0 spiro atoms. The van der Waals surface area contributed by atoms with Crippen LogP contribution in [0, 0.1) is 0 Å². The fourth-order valence-corrected chi connectivity index (χ4v) is 7.30. The van der Waals surface area contributed by atoms with E-state index in [0.717, 1.165) is 26.7 Å². The minimum Gasteiger partial charge on any atom is -0.479 e. The van der Waals surface area contributed by atoms with Crippen LogP contribution in [0.1, 0.15) is 60.8 Å². The maximum Gasteiger partial charge on any atom is 0.335 e. The number of unbranched alkanes of at least 4 members (excludes halogenated alkanes) is 2. The van der Waals surface area contributed by atoms with Crippen LogP contribution in [0.3, 0.4) is 0 Å². The first-order chi connectivity index (χ1) is 27.3. The quantitative estimate of drug-likeness (QED) is 0.0648. The van der Waals surface area contributed by atoms with Gasteiger partial charge in [0.15, 0.2) is 31.3 Å². The molecule has 3 amide bonds. The molecule has 20 atom stereocenters. The molecule has 4 fully saturated rings. The van der Waals surface area contributed by atoms with E-state index in [1.54, 1.807) is 6.92 Å². The number of ether oxygens (including phenoxy) is 8. The molecule has 334 valence electrons. The standard InChI is InChI=1S/C35H60N4O19/c1-12-21(43)24(46)18(37-15(4)40)33(53-12)58-30-26(48)25(47)29(31(49)50)57-35(30)56-28-20(39-17(6)42)34(54-14(3)23(28)45)55-27-19(38-16(5)41)32(52-13(2)22(27)44)51-11-9-7-8-10-36/h12-14,18-30,32-35,43-48H,7-11,36H2,1-6H3,(H,37,40)(H,38,41)(H,39,42)(H,49,50)/t12?,13?,14?,18?,19?,20?,21-,22+,23-,24?,25+,26?,27?,28?,29?,30?,32-,33+,34+,35-/m1/s1. The van der Waals surface area contributed by atoms with Crippen molar-refractivity contribution < 1.29 is 92.8 Å². The second kappa shape index (κ2) is 21.2. The molecule has 0 radical (unpaired) electrons. The molecule has 0 aliphatic carbocycles. The average molecular weight is 841 g/mol. The van der Waals surface area contributed by atoms with Gasteiger partial charge < -0.3 is 95.3 Å². The van der Waals surface area contributed by atoms with Gasteiger partial charge in [-0.05, 0) is 46.6 Å². The van der Waals surface area contributed by atoms with Crippen LogP contribution in [-0.4, -0.2) is 195 Å². The lowest BCUT2D eigenvalue weighted by Gasteiger charge is -2.50. The molecular weight excluding hydrogens is 780 g/mol. The monoisotopic (exact) mass is 840 g/mol. The third-order valence-electron chi connectivity index (χ3n) is 10.4. The van der Waals surface area contributed by atoms with Crippen LogP contribution in [0.15, 0.2) is 0 Å². The van der Waals surface area contributed by atoms with E-state index < -0.39 is 146 Å². The van der Waals surface area contributed by atoms with Crippen LogP contribution < -0.4 is 21.7 Å². The predicted octanol–water partition coefficient (Wildman–Crippen LogP) is -4.99. The Bertz CT molecular complexity index is 1380. The molecule has 4 heterocycles. The van der Waals surface area contributed by atoms with E-state index in [2.05, 4.69) is 16.0 Å². The number of aliphatic hydroxyl groups excluding tert-OH is 6. The van der Waals surface area contributed by atoms with E-state index in [9.17, 15) is 54.9 Å². The van der Waals surface area contributed by atoms with Crippen molar-refractivity contribution in [2.24, 2.45) is 5.73 Å². The van der Waals surface area contributed by atoms with Gasteiger partial charge in [0.05, 0.1) is 18.3 Å². The molecule has 0 saturated carbocycles. The first-order valence-electron chi connectivity index (χ1n) is 19.3. The van der Waals surface area contributed by atoms with Gasteiger partial charge in [0.25, 0.3) is 0 Å². The van der Waals surface area contributed by atoms with Crippen LogP contribution in [0.5, 0.6) is 0 Å². The summed E-state index contributed by atoms with van der Waals surface area (Å²) >= 11 is 0. The molecule has 0 aromatic rings. The normalized spacial score (nSPS) is 43.3. The Balaban J connectivity index is 1.69. The zero-order chi connectivity index (χ0) is 43.2. The van der Waals surface area contributed by atoms with Gasteiger partial charge in [-0.1, -0.05) is 0 Å². The van der Waals surface area contributed by atoms with Crippen molar-refractivity contribution in [1.82, 2.24) is 16.0 Å². The number of carbonyl (C=O) groups excluding carboxylic acids is 3. The van der Waals surface area contributed by atoms with Crippen molar-refractivity contribution in [1.29, 1.82) is 0 Å². The van der Waals surface area contributed by atoms with Crippen LogP contribution in [0.25, 0.3) is 0 Å². The van der Waals surface area contributed by atoms with Crippen LogP contribution in [-0.2, 0) is 57.1 Å². The molecule has 23 nitrogen and oxygen atoms in total. The van der Waals surface area contributed by atoms with Crippen molar-refractivity contribution in [3.63, 3.8) is 0 Å². The zero-order valence-corrected chi connectivity index (χ0v) is 33.2. The summed E-state index contributed by atoms with van der Waals surface area (Å²) in [6, 6.07) is -4.11. The van der Waals surface area contributed by atoms with E-state index in [0.29, 0.717) is 13.0 Å². The van der Waals surface area contributed by atoms with E-state index >= 15 is 0 Å². The molecule has 0 aromatic carbocycles. The Morgan fingerprint density at radius 1 is 0.534 bits per heavy atom. The van der Waals surface area contributed by atoms with Gasteiger partial charge in [-0.3, -0.25) is 14.4 Å². The number of amides is 3. The molecule has 4 aliphatic rings. The van der Waals surface area contributed by atoms with Gasteiger partial charge >= 0.3 is 5.97 Å². The molecule has 12 N–H and O–H groups in total. The lowest BCUT2D eigenvalue weighted by Crippen LogP contribution is -2.71. The molecule has 0 aromatic heterocycles. The van der Waals surface area contributed by atoms with Crippen molar-refractivity contribution in [3.05, 3.63) is 0 Å². The Morgan fingerprint density at radius 3 is 1.50 bits per heavy atom. The second-order valence-corrected chi connectivity index (χ2v) is 15.0. The number of carboxylic acids is 1. The number of rotatable bonds is 16. The molecule has 0 bridgehead atoms. The van der Waals surface area contributed by atoms with E-state index in [-0.39, 0.29) is 6.61 Å². The van der Waals surface area contributed by atoms with Gasteiger partial charge in [0.2, 0.25) is 17.7 Å². The van der Waals surface area contributed by atoms with Gasteiger partial charge in [-0.2, -0.15) is 0 Å². The molecule has 12 unspecified atom stereocenters.